The van der Waals surface area contributed by atoms with E-state index < -0.39 is 18.3 Å². The van der Waals surface area contributed by atoms with Gasteiger partial charge in [0.1, 0.15) is 11.5 Å². The molecule has 0 saturated heterocycles. The van der Waals surface area contributed by atoms with Crippen molar-refractivity contribution < 1.29 is 28.2 Å². The third-order valence-corrected chi connectivity index (χ3v) is 2.82. The van der Waals surface area contributed by atoms with E-state index in [9.17, 15) is 13.6 Å². The zero-order chi connectivity index (χ0) is 14.6. The number of carboxylic acid groups (broad SMARTS) is 1. The van der Waals surface area contributed by atoms with Crippen LogP contribution in [0.5, 0.6) is 11.5 Å². The number of carboxylic acids is 1. The summed E-state index contributed by atoms with van der Waals surface area (Å²) in [5.74, 6) is -1.31. The lowest BCUT2D eigenvalue weighted by Crippen LogP contribution is -2.13. The van der Waals surface area contributed by atoms with Crippen LogP contribution in [-0.4, -0.2) is 25.3 Å². The molecular weight excluding hydrogens is 258 g/mol. The molecule has 1 unspecified atom stereocenters. The first-order chi connectivity index (χ1) is 8.90. The van der Waals surface area contributed by atoms with E-state index in [2.05, 4.69) is 0 Å². The molecule has 0 aliphatic rings. The van der Waals surface area contributed by atoms with E-state index in [0.717, 1.165) is 0 Å². The summed E-state index contributed by atoms with van der Waals surface area (Å²) in [4.78, 5) is 10.8. The molecule has 0 amide bonds. The lowest BCUT2D eigenvalue weighted by atomic mass is 9.98. The van der Waals surface area contributed by atoms with Gasteiger partial charge in [0.15, 0.2) is 0 Å². The minimum absolute atomic E-state index is 0.0265. The lowest BCUT2D eigenvalue weighted by Gasteiger charge is -2.15. The predicted octanol–water partition coefficient (Wildman–Crippen LogP) is 2.90. The van der Waals surface area contributed by atoms with Crippen LogP contribution in [0.25, 0.3) is 0 Å². The molecule has 1 aromatic carbocycles. The van der Waals surface area contributed by atoms with E-state index in [1.807, 2.05) is 0 Å². The number of ether oxygens (including phenoxy) is 2. The van der Waals surface area contributed by atoms with Gasteiger partial charge in [-0.05, 0) is 18.1 Å². The van der Waals surface area contributed by atoms with Gasteiger partial charge in [0.25, 0.3) is 6.43 Å². The zero-order valence-electron chi connectivity index (χ0n) is 10.9. The number of carbonyl (C=O) groups is 1. The molecule has 0 aromatic heterocycles. The Kier molecular flexibility index (Phi) is 5.09. The largest absolute Gasteiger partial charge is 0.496 e. The highest BCUT2D eigenvalue weighted by atomic mass is 19.3. The maximum absolute atomic E-state index is 12.9. The van der Waals surface area contributed by atoms with Crippen molar-refractivity contribution in [1.82, 2.24) is 0 Å². The Balaban J connectivity index is 3.21. The zero-order valence-corrected chi connectivity index (χ0v) is 10.9. The number of alkyl halides is 2. The average molecular weight is 274 g/mol. The van der Waals surface area contributed by atoms with Crippen LogP contribution >= 0.6 is 0 Å². The minimum Gasteiger partial charge on any atom is -0.496 e. The van der Waals surface area contributed by atoms with Crippen LogP contribution in [-0.2, 0) is 11.2 Å². The number of hydrogen-bond donors (Lipinski definition) is 1. The Morgan fingerprint density at radius 2 is 1.84 bits per heavy atom. The van der Waals surface area contributed by atoms with Crippen molar-refractivity contribution in [2.45, 2.75) is 19.8 Å². The fourth-order valence-electron chi connectivity index (χ4n) is 1.74. The maximum atomic E-state index is 12.9. The number of rotatable bonds is 6. The average Bonchev–Trinajstić information content (AvgIpc) is 2.37. The van der Waals surface area contributed by atoms with Crippen molar-refractivity contribution in [1.29, 1.82) is 0 Å². The van der Waals surface area contributed by atoms with Gasteiger partial charge in [-0.2, -0.15) is 0 Å². The van der Waals surface area contributed by atoms with Crippen molar-refractivity contribution in [3.8, 4) is 11.5 Å². The molecule has 19 heavy (non-hydrogen) atoms. The Labute approximate surface area is 109 Å². The summed E-state index contributed by atoms with van der Waals surface area (Å²) in [6.45, 7) is 1.51. The molecule has 0 saturated carbocycles. The Morgan fingerprint density at radius 1 is 1.26 bits per heavy atom. The number of aliphatic carboxylic acids is 1. The molecule has 0 heterocycles. The Morgan fingerprint density at radius 3 is 2.26 bits per heavy atom. The van der Waals surface area contributed by atoms with E-state index >= 15 is 0 Å². The number of halogens is 2. The fraction of sp³-hybridized carbons (Fsp3) is 0.462. The monoisotopic (exact) mass is 274 g/mol. The van der Waals surface area contributed by atoms with Crippen LogP contribution in [0.15, 0.2) is 12.1 Å². The number of hydrogen-bond acceptors (Lipinski definition) is 3. The smallest absolute Gasteiger partial charge is 0.306 e. The van der Waals surface area contributed by atoms with Crippen LogP contribution in [0.3, 0.4) is 0 Å². The van der Waals surface area contributed by atoms with Gasteiger partial charge >= 0.3 is 5.97 Å². The summed E-state index contributed by atoms with van der Waals surface area (Å²) in [5, 5.41) is 8.87. The maximum Gasteiger partial charge on any atom is 0.306 e. The topological polar surface area (TPSA) is 55.8 Å². The number of methoxy groups -OCH3 is 2. The molecule has 1 atom stereocenters. The predicted molar refractivity (Wildman–Crippen MR) is 65.0 cm³/mol. The highest BCUT2D eigenvalue weighted by Crippen LogP contribution is 2.36. The molecule has 0 radical (unpaired) electrons. The van der Waals surface area contributed by atoms with Gasteiger partial charge in [0.05, 0.1) is 25.7 Å². The third-order valence-electron chi connectivity index (χ3n) is 2.82. The second-order valence-corrected chi connectivity index (χ2v) is 4.15. The third kappa shape index (κ3) is 3.56. The normalized spacial score (nSPS) is 12.3. The standard InChI is InChI=1S/C13H16F2O4/c1-7(13(16)17)4-8-5-9(12(14)15)11(19-3)6-10(8)18-2/h5-7,12H,4H2,1-3H3,(H,16,17). The molecule has 0 aliphatic carbocycles. The molecule has 106 valence electrons. The Hall–Kier alpha value is -1.85. The van der Waals surface area contributed by atoms with E-state index in [-0.39, 0.29) is 17.7 Å². The van der Waals surface area contributed by atoms with Crippen molar-refractivity contribution in [3.63, 3.8) is 0 Å². The lowest BCUT2D eigenvalue weighted by molar-refractivity contribution is -0.141. The van der Waals surface area contributed by atoms with Gasteiger partial charge in [0.2, 0.25) is 0 Å². The van der Waals surface area contributed by atoms with Crippen molar-refractivity contribution >= 4 is 5.97 Å². The van der Waals surface area contributed by atoms with Crippen molar-refractivity contribution in [3.05, 3.63) is 23.3 Å². The first-order valence-electron chi connectivity index (χ1n) is 5.66. The van der Waals surface area contributed by atoms with Crippen molar-refractivity contribution in [2.75, 3.05) is 14.2 Å². The second kappa shape index (κ2) is 6.36. The molecular formula is C13H16F2O4. The Bertz CT molecular complexity index is 460. The summed E-state index contributed by atoms with van der Waals surface area (Å²) in [7, 11) is 2.69. The summed E-state index contributed by atoms with van der Waals surface area (Å²) in [6, 6.07) is 2.59. The van der Waals surface area contributed by atoms with E-state index in [1.54, 1.807) is 0 Å². The molecule has 0 bridgehead atoms. The van der Waals surface area contributed by atoms with Gasteiger partial charge in [0, 0.05) is 6.07 Å². The summed E-state index contributed by atoms with van der Waals surface area (Å²) >= 11 is 0. The quantitative estimate of drug-likeness (QED) is 0.866. The first kappa shape index (κ1) is 15.2. The minimum atomic E-state index is -2.69. The molecule has 1 N–H and O–H groups in total. The SMILES string of the molecule is COc1cc(OC)c(C(F)F)cc1CC(C)C(=O)O. The van der Waals surface area contributed by atoms with E-state index in [4.69, 9.17) is 14.6 Å². The van der Waals surface area contributed by atoms with E-state index in [1.165, 1.54) is 33.3 Å². The molecule has 0 spiro atoms. The van der Waals surface area contributed by atoms with Gasteiger partial charge in [-0.25, -0.2) is 8.78 Å². The van der Waals surface area contributed by atoms with Crippen LogP contribution < -0.4 is 9.47 Å². The first-order valence-corrected chi connectivity index (χ1v) is 5.66. The van der Waals surface area contributed by atoms with Crippen molar-refractivity contribution in [2.24, 2.45) is 5.92 Å². The van der Waals surface area contributed by atoms with Gasteiger partial charge < -0.3 is 14.6 Å². The molecule has 0 fully saturated rings. The van der Waals surface area contributed by atoms with Crippen LogP contribution in [0.1, 0.15) is 24.5 Å². The molecule has 0 aliphatic heterocycles. The van der Waals surface area contributed by atoms with Gasteiger partial charge in [-0.3, -0.25) is 4.79 Å². The molecule has 1 rings (SSSR count). The molecule has 1 aromatic rings. The summed E-state index contributed by atoms with van der Waals surface area (Å²) in [6.07, 6.45) is -2.58. The van der Waals surface area contributed by atoms with E-state index in [0.29, 0.717) is 11.3 Å². The van der Waals surface area contributed by atoms with Crippen LogP contribution in [0, 0.1) is 5.92 Å². The molecule has 6 heteroatoms. The molecule has 4 nitrogen and oxygen atoms in total. The summed E-state index contributed by atoms with van der Waals surface area (Å²) in [5.41, 5.74) is 0.157. The highest BCUT2D eigenvalue weighted by Gasteiger charge is 2.21. The second-order valence-electron chi connectivity index (χ2n) is 4.15. The van der Waals surface area contributed by atoms with Gasteiger partial charge in [-0.15, -0.1) is 0 Å². The fourth-order valence-corrected chi connectivity index (χ4v) is 1.74. The number of benzene rings is 1. The highest BCUT2D eigenvalue weighted by molar-refractivity contribution is 5.70. The van der Waals surface area contributed by atoms with Gasteiger partial charge in [-0.1, -0.05) is 6.92 Å². The van der Waals surface area contributed by atoms with Crippen LogP contribution in [0.2, 0.25) is 0 Å². The van der Waals surface area contributed by atoms with Crippen LogP contribution in [0.4, 0.5) is 8.78 Å². The summed E-state index contributed by atoms with van der Waals surface area (Å²) < 4.78 is 35.7.